The molecule has 0 amide bonds. The van der Waals surface area contributed by atoms with E-state index in [4.69, 9.17) is 11.5 Å². The number of alkyl halides is 2. The fourth-order valence-corrected chi connectivity index (χ4v) is 1.13. The fraction of sp³-hybridized carbons (Fsp3) is 0.375. The molecule has 13 heavy (non-hydrogen) atoms. The number of hydrogen-bond donors (Lipinski definition) is 2. The van der Waals surface area contributed by atoms with Crippen molar-refractivity contribution in [1.29, 1.82) is 0 Å². The van der Waals surface area contributed by atoms with Gasteiger partial charge in [0.15, 0.2) is 0 Å². The summed E-state index contributed by atoms with van der Waals surface area (Å²) in [4.78, 5) is 3.55. The Morgan fingerprint density at radius 2 is 2.15 bits per heavy atom. The molecule has 0 radical (unpaired) electrons. The number of halogens is 2. The van der Waals surface area contributed by atoms with Crippen LogP contribution in [-0.4, -0.2) is 4.98 Å². The highest BCUT2D eigenvalue weighted by atomic mass is 19.3. The van der Waals surface area contributed by atoms with Crippen LogP contribution in [0.4, 0.5) is 14.6 Å². The summed E-state index contributed by atoms with van der Waals surface area (Å²) in [6, 6.07) is 1.31. The lowest BCUT2D eigenvalue weighted by Gasteiger charge is -2.08. The maximum absolute atomic E-state index is 12.2. The largest absolute Gasteiger partial charge is 0.383 e. The van der Waals surface area contributed by atoms with Crippen molar-refractivity contribution in [3.8, 4) is 0 Å². The minimum atomic E-state index is -2.59. The number of nitrogens with zero attached hydrogens (tertiary/aromatic N) is 1. The highest BCUT2D eigenvalue weighted by Gasteiger charge is 2.12. The second-order valence-electron chi connectivity index (χ2n) is 2.73. The van der Waals surface area contributed by atoms with Gasteiger partial charge in [-0.05, 0) is 18.6 Å². The van der Waals surface area contributed by atoms with E-state index in [0.29, 0.717) is 11.1 Å². The summed E-state index contributed by atoms with van der Waals surface area (Å²) in [6.07, 6.45) is -2.59. The fourth-order valence-electron chi connectivity index (χ4n) is 1.13. The molecule has 0 saturated carbocycles. The number of nitrogen functional groups attached to an aromatic ring is 1. The normalized spacial score (nSPS) is 10.8. The molecule has 3 nitrogen and oxygen atoms in total. The van der Waals surface area contributed by atoms with Crippen LogP contribution in [-0.2, 0) is 6.54 Å². The van der Waals surface area contributed by atoms with Crippen LogP contribution >= 0.6 is 0 Å². The molecule has 0 unspecified atom stereocenters. The zero-order valence-corrected chi connectivity index (χ0v) is 7.22. The first-order chi connectivity index (χ1) is 6.06. The summed E-state index contributed by atoms with van der Waals surface area (Å²) in [7, 11) is 0. The SMILES string of the molecule is Cc1cc(C(F)F)nc(N)c1CN. The Bertz CT molecular complexity index is 289. The monoisotopic (exact) mass is 187 g/mol. The second-order valence-corrected chi connectivity index (χ2v) is 2.73. The van der Waals surface area contributed by atoms with E-state index in [-0.39, 0.29) is 18.1 Å². The summed E-state index contributed by atoms with van der Waals surface area (Å²) >= 11 is 0. The summed E-state index contributed by atoms with van der Waals surface area (Å²) in [5.74, 6) is 0.0952. The average Bonchev–Trinajstić information content (AvgIpc) is 2.03. The lowest BCUT2D eigenvalue weighted by atomic mass is 10.1. The third-order valence-electron chi connectivity index (χ3n) is 1.83. The van der Waals surface area contributed by atoms with Crippen molar-refractivity contribution in [1.82, 2.24) is 4.98 Å². The predicted octanol–water partition coefficient (Wildman–Crippen LogP) is 1.37. The van der Waals surface area contributed by atoms with E-state index in [2.05, 4.69) is 4.98 Å². The van der Waals surface area contributed by atoms with Gasteiger partial charge in [-0.15, -0.1) is 0 Å². The van der Waals surface area contributed by atoms with Crippen LogP contribution in [0, 0.1) is 6.92 Å². The standard InChI is InChI=1S/C8H11F2N3/c1-4-2-6(7(9)10)13-8(12)5(4)3-11/h2,7H,3,11H2,1H3,(H2,12,13). The van der Waals surface area contributed by atoms with Gasteiger partial charge in [0.25, 0.3) is 6.43 Å². The van der Waals surface area contributed by atoms with Gasteiger partial charge in [-0.1, -0.05) is 0 Å². The van der Waals surface area contributed by atoms with E-state index in [1.54, 1.807) is 6.92 Å². The van der Waals surface area contributed by atoms with Crippen LogP contribution in [0.3, 0.4) is 0 Å². The number of hydrogen-bond acceptors (Lipinski definition) is 3. The number of aryl methyl sites for hydroxylation is 1. The molecule has 0 atom stereocenters. The molecule has 5 heteroatoms. The van der Waals surface area contributed by atoms with E-state index < -0.39 is 6.43 Å². The van der Waals surface area contributed by atoms with Crippen molar-refractivity contribution in [3.63, 3.8) is 0 Å². The summed E-state index contributed by atoms with van der Waals surface area (Å²) in [6.45, 7) is 1.90. The topological polar surface area (TPSA) is 64.9 Å². The van der Waals surface area contributed by atoms with Gasteiger partial charge in [0, 0.05) is 12.1 Å². The number of nitrogens with two attached hydrogens (primary N) is 2. The molecule has 0 saturated heterocycles. The molecule has 0 aliphatic rings. The highest BCUT2D eigenvalue weighted by Crippen LogP contribution is 2.22. The highest BCUT2D eigenvalue weighted by molar-refractivity contribution is 5.45. The maximum atomic E-state index is 12.2. The summed E-state index contributed by atoms with van der Waals surface area (Å²) in [5, 5.41) is 0. The zero-order valence-electron chi connectivity index (χ0n) is 7.22. The van der Waals surface area contributed by atoms with Gasteiger partial charge < -0.3 is 11.5 Å². The van der Waals surface area contributed by atoms with Crippen molar-refractivity contribution >= 4 is 5.82 Å². The van der Waals surface area contributed by atoms with Crippen LogP contribution in [0.2, 0.25) is 0 Å². The molecule has 1 aromatic rings. The van der Waals surface area contributed by atoms with Crippen LogP contribution in [0.15, 0.2) is 6.07 Å². The Balaban J connectivity index is 3.20. The Morgan fingerprint density at radius 3 is 2.54 bits per heavy atom. The quantitative estimate of drug-likeness (QED) is 0.734. The first kappa shape index (κ1) is 9.85. The van der Waals surface area contributed by atoms with Crippen molar-refractivity contribution in [2.45, 2.75) is 19.9 Å². The molecule has 0 spiro atoms. The third kappa shape index (κ3) is 1.92. The number of anilines is 1. The van der Waals surface area contributed by atoms with E-state index in [1.807, 2.05) is 0 Å². The van der Waals surface area contributed by atoms with Crippen molar-refractivity contribution in [3.05, 3.63) is 22.9 Å². The number of aromatic nitrogens is 1. The van der Waals surface area contributed by atoms with Crippen LogP contribution < -0.4 is 11.5 Å². The minimum Gasteiger partial charge on any atom is -0.383 e. The van der Waals surface area contributed by atoms with Gasteiger partial charge in [0.05, 0.1) is 0 Å². The Kier molecular flexibility index (Phi) is 2.77. The van der Waals surface area contributed by atoms with E-state index >= 15 is 0 Å². The van der Waals surface area contributed by atoms with Crippen LogP contribution in [0.5, 0.6) is 0 Å². The van der Waals surface area contributed by atoms with Gasteiger partial charge in [-0.2, -0.15) is 0 Å². The van der Waals surface area contributed by atoms with Crippen LogP contribution in [0.25, 0.3) is 0 Å². The van der Waals surface area contributed by atoms with Crippen molar-refractivity contribution < 1.29 is 8.78 Å². The number of rotatable bonds is 2. The van der Waals surface area contributed by atoms with Gasteiger partial charge in [-0.3, -0.25) is 0 Å². The Morgan fingerprint density at radius 1 is 1.54 bits per heavy atom. The van der Waals surface area contributed by atoms with E-state index in [9.17, 15) is 8.78 Å². The molecular weight excluding hydrogens is 176 g/mol. The van der Waals surface area contributed by atoms with Crippen molar-refractivity contribution in [2.24, 2.45) is 5.73 Å². The van der Waals surface area contributed by atoms with E-state index in [0.717, 1.165) is 0 Å². The molecule has 0 bridgehead atoms. The molecule has 1 rings (SSSR count). The summed E-state index contributed by atoms with van der Waals surface area (Å²) in [5.41, 5.74) is 11.8. The molecular formula is C8H11F2N3. The molecule has 0 aliphatic heterocycles. The first-order valence-electron chi connectivity index (χ1n) is 3.80. The lowest BCUT2D eigenvalue weighted by Crippen LogP contribution is -2.08. The first-order valence-corrected chi connectivity index (χ1v) is 3.80. The van der Waals surface area contributed by atoms with E-state index in [1.165, 1.54) is 6.07 Å². The average molecular weight is 187 g/mol. The van der Waals surface area contributed by atoms with Gasteiger partial charge >= 0.3 is 0 Å². The van der Waals surface area contributed by atoms with Crippen molar-refractivity contribution in [2.75, 3.05) is 5.73 Å². The minimum absolute atomic E-state index is 0.0952. The lowest BCUT2D eigenvalue weighted by molar-refractivity contribution is 0.146. The van der Waals surface area contributed by atoms with Gasteiger partial charge in [-0.25, -0.2) is 13.8 Å². The molecule has 0 aromatic carbocycles. The molecule has 4 N–H and O–H groups in total. The predicted molar refractivity (Wildman–Crippen MR) is 46.2 cm³/mol. The Hall–Kier alpha value is -1.23. The number of pyridine rings is 1. The molecule has 0 aliphatic carbocycles. The second kappa shape index (κ2) is 3.66. The summed E-state index contributed by atoms with van der Waals surface area (Å²) < 4.78 is 24.4. The third-order valence-corrected chi connectivity index (χ3v) is 1.83. The zero-order chi connectivity index (χ0) is 10.0. The molecule has 1 aromatic heterocycles. The van der Waals surface area contributed by atoms with Crippen LogP contribution in [0.1, 0.15) is 23.2 Å². The van der Waals surface area contributed by atoms with Gasteiger partial charge in [0.2, 0.25) is 0 Å². The smallest absolute Gasteiger partial charge is 0.280 e. The molecule has 0 fully saturated rings. The Labute approximate surface area is 74.8 Å². The molecule has 72 valence electrons. The maximum Gasteiger partial charge on any atom is 0.280 e. The van der Waals surface area contributed by atoms with Gasteiger partial charge in [0.1, 0.15) is 11.5 Å². The molecule has 1 heterocycles.